The second-order valence-corrected chi connectivity index (χ2v) is 4.61. The molecule has 4 nitrogen and oxygen atoms in total. The van der Waals surface area contributed by atoms with Gasteiger partial charge in [-0.2, -0.15) is 0 Å². The van der Waals surface area contributed by atoms with Gasteiger partial charge in [-0.1, -0.05) is 18.2 Å². The number of ether oxygens (including phenoxy) is 1. The van der Waals surface area contributed by atoms with E-state index in [0.29, 0.717) is 12.6 Å². The van der Waals surface area contributed by atoms with Gasteiger partial charge in [-0.25, -0.2) is 0 Å². The van der Waals surface area contributed by atoms with Crippen molar-refractivity contribution in [2.45, 2.75) is 25.3 Å². The van der Waals surface area contributed by atoms with Crippen molar-refractivity contribution in [1.82, 2.24) is 4.90 Å². The van der Waals surface area contributed by atoms with E-state index in [2.05, 4.69) is 0 Å². The average Bonchev–Trinajstić information content (AvgIpc) is 3.18. The van der Waals surface area contributed by atoms with Crippen LogP contribution in [0.15, 0.2) is 30.3 Å². The Morgan fingerprint density at radius 1 is 1.33 bits per heavy atom. The van der Waals surface area contributed by atoms with E-state index in [4.69, 9.17) is 9.84 Å². The molecule has 0 amide bonds. The van der Waals surface area contributed by atoms with Gasteiger partial charge in [0.2, 0.25) is 0 Å². The lowest BCUT2D eigenvalue weighted by Crippen LogP contribution is -2.33. The van der Waals surface area contributed by atoms with Gasteiger partial charge in [0.25, 0.3) is 0 Å². The van der Waals surface area contributed by atoms with Crippen LogP contribution in [0.5, 0.6) is 5.75 Å². The largest absolute Gasteiger partial charge is 0.494 e. The Morgan fingerprint density at radius 3 is 2.67 bits per heavy atom. The highest BCUT2D eigenvalue weighted by Crippen LogP contribution is 2.26. The highest BCUT2D eigenvalue weighted by Gasteiger charge is 2.29. The molecule has 0 atom stereocenters. The molecule has 0 radical (unpaired) electrons. The summed E-state index contributed by atoms with van der Waals surface area (Å²) in [5, 5.41) is 8.82. The van der Waals surface area contributed by atoms with Gasteiger partial charge < -0.3 is 9.84 Å². The molecule has 1 aliphatic rings. The van der Waals surface area contributed by atoms with E-state index in [-0.39, 0.29) is 6.54 Å². The van der Waals surface area contributed by atoms with Gasteiger partial charge in [-0.05, 0) is 31.4 Å². The van der Waals surface area contributed by atoms with E-state index in [1.54, 1.807) is 0 Å². The number of para-hydroxylation sites is 1. The summed E-state index contributed by atoms with van der Waals surface area (Å²) in [5.41, 5.74) is 0. The molecule has 0 unspecified atom stereocenters. The predicted octanol–water partition coefficient (Wildman–Crippen LogP) is 2.00. The second-order valence-electron chi connectivity index (χ2n) is 4.61. The van der Waals surface area contributed by atoms with Crippen LogP contribution < -0.4 is 4.74 Å². The van der Waals surface area contributed by atoms with Crippen LogP contribution in [-0.2, 0) is 4.79 Å². The maximum Gasteiger partial charge on any atom is 0.317 e. The standard InChI is InChI=1S/C14H19NO3/c16-14(17)11-15(12-7-8-12)9-4-10-18-13-5-2-1-3-6-13/h1-3,5-6,12H,4,7-11H2,(H,16,17). The molecule has 0 heterocycles. The molecule has 98 valence electrons. The maximum atomic E-state index is 10.7. The molecule has 1 aromatic rings. The molecule has 0 saturated heterocycles. The van der Waals surface area contributed by atoms with Crippen molar-refractivity contribution in [2.24, 2.45) is 0 Å². The number of carboxylic acids is 1. The van der Waals surface area contributed by atoms with E-state index in [1.807, 2.05) is 35.2 Å². The molecule has 1 aromatic carbocycles. The zero-order chi connectivity index (χ0) is 12.8. The molecule has 4 heteroatoms. The molecule has 2 rings (SSSR count). The summed E-state index contributed by atoms with van der Waals surface area (Å²) in [6, 6.07) is 10.2. The van der Waals surface area contributed by atoms with E-state index in [9.17, 15) is 4.79 Å². The summed E-state index contributed by atoms with van der Waals surface area (Å²) in [6.45, 7) is 1.58. The van der Waals surface area contributed by atoms with Crippen molar-refractivity contribution in [2.75, 3.05) is 19.7 Å². The first-order valence-corrected chi connectivity index (χ1v) is 6.39. The molecule has 0 spiro atoms. The van der Waals surface area contributed by atoms with Crippen LogP contribution in [0.25, 0.3) is 0 Å². The van der Waals surface area contributed by atoms with E-state index >= 15 is 0 Å². The van der Waals surface area contributed by atoms with Gasteiger partial charge in [0, 0.05) is 12.6 Å². The SMILES string of the molecule is O=C(O)CN(CCCOc1ccccc1)C1CC1. The number of benzene rings is 1. The first-order valence-electron chi connectivity index (χ1n) is 6.39. The van der Waals surface area contributed by atoms with Gasteiger partial charge in [0.15, 0.2) is 0 Å². The van der Waals surface area contributed by atoms with Crippen LogP contribution in [0, 0.1) is 0 Å². The summed E-state index contributed by atoms with van der Waals surface area (Å²) in [5.74, 6) is 0.125. The third-order valence-corrected chi connectivity index (χ3v) is 3.00. The topological polar surface area (TPSA) is 49.8 Å². The molecule has 1 fully saturated rings. The summed E-state index contributed by atoms with van der Waals surface area (Å²) in [4.78, 5) is 12.8. The molecule has 1 saturated carbocycles. The van der Waals surface area contributed by atoms with Gasteiger partial charge in [-0.3, -0.25) is 9.69 Å². The van der Waals surface area contributed by atoms with Gasteiger partial charge in [-0.15, -0.1) is 0 Å². The quantitative estimate of drug-likeness (QED) is 0.716. The minimum Gasteiger partial charge on any atom is -0.494 e. The van der Waals surface area contributed by atoms with Crippen LogP contribution >= 0.6 is 0 Å². The Labute approximate surface area is 107 Å². The smallest absolute Gasteiger partial charge is 0.317 e. The minimum atomic E-state index is -0.745. The van der Waals surface area contributed by atoms with E-state index in [1.165, 1.54) is 0 Å². The highest BCUT2D eigenvalue weighted by molar-refractivity contribution is 5.69. The van der Waals surface area contributed by atoms with Crippen molar-refractivity contribution in [3.8, 4) is 5.75 Å². The number of rotatable bonds is 8. The molecular weight excluding hydrogens is 230 g/mol. The normalized spacial score (nSPS) is 14.7. The molecule has 18 heavy (non-hydrogen) atoms. The zero-order valence-electron chi connectivity index (χ0n) is 10.4. The van der Waals surface area contributed by atoms with Gasteiger partial charge >= 0.3 is 5.97 Å². The van der Waals surface area contributed by atoms with E-state index in [0.717, 1.165) is 31.6 Å². The minimum absolute atomic E-state index is 0.149. The molecule has 0 aromatic heterocycles. The van der Waals surface area contributed by atoms with Gasteiger partial charge in [0.1, 0.15) is 5.75 Å². The second kappa shape index (κ2) is 6.40. The molecule has 0 bridgehead atoms. The van der Waals surface area contributed by atoms with Crippen molar-refractivity contribution in [3.63, 3.8) is 0 Å². The molecular formula is C14H19NO3. The molecule has 0 aliphatic heterocycles. The third kappa shape index (κ3) is 4.37. The fourth-order valence-corrected chi connectivity index (χ4v) is 1.98. The number of hydrogen-bond acceptors (Lipinski definition) is 3. The van der Waals surface area contributed by atoms with Crippen LogP contribution in [0.3, 0.4) is 0 Å². The first-order chi connectivity index (χ1) is 8.75. The summed E-state index contributed by atoms with van der Waals surface area (Å²) >= 11 is 0. The number of aliphatic carboxylic acids is 1. The summed E-state index contributed by atoms with van der Waals surface area (Å²) in [6.07, 6.45) is 3.12. The Kier molecular flexibility index (Phi) is 4.59. The monoisotopic (exact) mass is 249 g/mol. The third-order valence-electron chi connectivity index (χ3n) is 3.00. The fraction of sp³-hybridized carbons (Fsp3) is 0.500. The lowest BCUT2D eigenvalue weighted by molar-refractivity contribution is -0.138. The number of carbonyl (C=O) groups is 1. The molecule has 1 aliphatic carbocycles. The van der Waals surface area contributed by atoms with Crippen molar-refractivity contribution in [1.29, 1.82) is 0 Å². The summed E-state index contributed by atoms with van der Waals surface area (Å²) < 4.78 is 5.59. The highest BCUT2D eigenvalue weighted by atomic mass is 16.5. The zero-order valence-corrected chi connectivity index (χ0v) is 10.4. The first kappa shape index (κ1) is 12.9. The number of nitrogens with zero attached hydrogens (tertiary/aromatic N) is 1. The van der Waals surface area contributed by atoms with Crippen molar-refractivity contribution < 1.29 is 14.6 Å². The van der Waals surface area contributed by atoms with Crippen LogP contribution in [-0.4, -0.2) is 41.7 Å². The van der Waals surface area contributed by atoms with Crippen molar-refractivity contribution >= 4 is 5.97 Å². The lowest BCUT2D eigenvalue weighted by atomic mass is 10.3. The Balaban J connectivity index is 1.65. The number of carboxylic acid groups (broad SMARTS) is 1. The summed E-state index contributed by atoms with van der Waals surface area (Å²) in [7, 11) is 0. The fourth-order valence-electron chi connectivity index (χ4n) is 1.98. The van der Waals surface area contributed by atoms with E-state index < -0.39 is 5.97 Å². The average molecular weight is 249 g/mol. The maximum absolute atomic E-state index is 10.7. The predicted molar refractivity (Wildman–Crippen MR) is 68.8 cm³/mol. The molecule has 1 N–H and O–H groups in total. The van der Waals surface area contributed by atoms with Gasteiger partial charge in [0.05, 0.1) is 13.2 Å². The number of hydrogen-bond donors (Lipinski definition) is 1. The lowest BCUT2D eigenvalue weighted by Gasteiger charge is -2.19. The Hall–Kier alpha value is -1.55. The Morgan fingerprint density at radius 2 is 2.06 bits per heavy atom. The van der Waals surface area contributed by atoms with Crippen molar-refractivity contribution in [3.05, 3.63) is 30.3 Å². The van der Waals surface area contributed by atoms with Crippen LogP contribution in [0.1, 0.15) is 19.3 Å². The Bertz CT molecular complexity index is 376. The van der Waals surface area contributed by atoms with Crippen LogP contribution in [0.4, 0.5) is 0 Å². The van der Waals surface area contributed by atoms with Crippen LogP contribution in [0.2, 0.25) is 0 Å².